The molecule has 1 aromatic heterocycles. The van der Waals surface area contributed by atoms with Gasteiger partial charge in [-0.25, -0.2) is 9.78 Å². The minimum absolute atomic E-state index is 0.168. The van der Waals surface area contributed by atoms with Gasteiger partial charge in [-0.15, -0.1) is 0 Å². The Kier molecular flexibility index (Phi) is 6.80. The molecule has 29 heavy (non-hydrogen) atoms. The van der Waals surface area contributed by atoms with E-state index >= 15 is 0 Å². The van der Waals surface area contributed by atoms with Crippen molar-refractivity contribution in [2.45, 2.75) is 13.0 Å². The van der Waals surface area contributed by atoms with Crippen LogP contribution >= 0.6 is 11.6 Å². The number of pyridine rings is 1. The average molecular weight is 415 g/mol. The number of alkyl carbamates (subject to hydrolysis) is 1. The van der Waals surface area contributed by atoms with E-state index in [9.17, 15) is 14.9 Å². The molecule has 0 saturated carbocycles. The van der Waals surface area contributed by atoms with Crippen molar-refractivity contribution in [3.63, 3.8) is 0 Å². The molecular weight excluding hydrogens is 396 g/mol. The van der Waals surface area contributed by atoms with Gasteiger partial charge in [0.15, 0.2) is 0 Å². The summed E-state index contributed by atoms with van der Waals surface area (Å²) in [6, 6.07) is 16.4. The average Bonchev–Trinajstić information content (AvgIpc) is 2.72. The van der Waals surface area contributed by atoms with Crippen LogP contribution in [0.5, 0.6) is 0 Å². The number of ether oxygens (including phenoxy) is 1. The van der Waals surface area contributed by atoms with E-state index in [2.05, 4.69) is 15.6 Å². The largest absolute Gasteiger partial charge is 0.445 e. The van der Waals surface area contributed by atoms with Crippen molar-refractivity contribution in [1.29, 1.82) is 0 Å². The third-order valence-electron chi connectivity index (χ3n) is 4.14. The molecule has 0 unspecified atom stereocenters. The highest BCUT2D eigenvalue weighted by molar-refractivity contribution is 6.33. The first-order chi connectivity index (χ1) is 14.1. The number of amides is 1. The van der Waals surface area contributed by atoms with Gasteiger partial charge >= 0.3 is 11.8 Å². The number of para-hydroxylation sites is 1. The first-order valence-corrected chi connectivity index (χ1v) is 9.35. The lowest BCUT2D eigenvalue weighted by Gasteiger charge is -2.11. The summed E-state index contributed by atoms with van der Waals surface area (Å²) < 4.78 is 5.13. The van der Waals surface area contributed by atoms with Gasteiger partial charge in [-0.1, -0.05) is 60.1 Å². The van der Waals surface area contributed by atoms with Crippen molar-refractivity contribution < 1.29 is 14.5 Å². The van der Waals surface area contributed by atoms with E-state index in [1.54, 1.807) is 24.3 Å². The molecule has 0 aliphatic carbocycles. The number of fused-ring (bicyclic) bond motifs is 1. The minimum atomic E-state index is -0.552. The molecule has 1 heterocycles. The molecule has 2 aromatic carbocycles. The van der Waals surface area contributed by atoms with E-state index in [0.717, 1.165) is 5.56 Å². The predicted molar refractivity (Wildman–Crippen MR) is 111 cm³/mol. The molecule has 0 spiro atoms. The molecule has 0 radical (unpaired) electrons. The number of hydrogen-bond donors (Lipinski definition) is 2. The number of carbonyl (C=O) groups excluding carboxylic acids is 1. The van der Waals surface area contributed by atoms with Gasteiger partial charge in [0.25, 0.3) is 0 Å². The second-order valence-electron chi connectivity index (χ2n) is 6.17. The number of nitrogens with one attached hydrogen (secondary N) is 2. The fourth-order valence-electron chi connectivity index (χ4n) is 2.78. The predicted octanol–water partition coefficient (Wildman–Crippen LogP) is 4.52. The number of carbonyl (C=O) groups is 1. The molecule has 0 bridgehead atoms. The highest BCUT2D eigenvalue weighted by Crippen LogP contribution is 2.37. The van der Waals surface area contributed by atoms with Crippen molar-refractivity contribution >= 4 is 40.0 Å². The Morgan fingerprint density at radius 3 is 2.59 bits per heavy atom. The summed E-state index contributed by atoms with van der Waals surface area (Å²) in [4.78, 5) is 26.7. The van der Waals surface area contributed by atoms with Crippen LogP contribution in [0.3, 0.4) is 0 Å². The van der Waals surface area contributed by atoms with Gasteiger partial charge in [0.05, 0.1) is 10.4 Å². The molecule has 3 aromatic rings. The van der Waals surface area contributed by atoms with E-state index in [1.165, 1.54) is 0 Å². The van der Waals surface area contributed by atoms with Gasteiger partial charge in [0, 0.05) is 18.5 Å². The summed E-state index contributed by atoms with van der Waals surface area (Å²) in [5, 5.41) is 17.6. The van der Waals surface area contributed by atoms with Gasteiger partial charge in [0.1, 0.15) is 12.3 Å². The second-order valence-corrected chi connectivity index (χ2v) is 6.53. The van der Waals surface area contributed by atoms with Gasteiger partial charge < -0.3 is 15.4 Å². The normalized spacial score (nSPS) is 10.5. The molecular formula is C20H19ClN4O4. The maximum atomic E-state index is 11.7. The van der Waals surface area contributed by atoms with Gasteiger partial charge in [-0.2, -0.15) is 0 Å². The minimum Gasteiger partial charge on any atom is -0.445 e. The van der Waals surface area contributed by atoms with E-state index < -0.39 is 11.0 Å². The summed E-state index contributed by atoms with van der Waals surface area (Å²) in [5.41, 5.74) is 1.52. The fourth-order valence-corrected chi connectivity index (χ4v) is 3.04. The maximum absolute atomic E-state index is 11.7. The molecule has 8 nitrogen and oxygen atoms in total. The lowest BCUT2D eigenvalue weighted by Crippen LogP contribution is -2.26. The lowest BCUT2D eigenvalue weighted by molar-refractivity contribution is -0.384. The van der Waals surface area contributed by atoms with Crippen molar-refractivity contribution in [3.8, 4) is 0 Å². The first kappa shape index (κ1) is 20.3. The molecule has 2 N–H and O–H groups in total. The SMILES string of the molecule is O=C(NCCCNc1c([N+](=O)[O-])c(Cl)nc2ccccc12)OCc1ccccc1. The molecule has 0 aliphatic heterocycles. The summed E-state index contributed by atoms with van der Waals surface area (Å²) in [5.74, 6) is 0. The molecule has 0 saturated heterocycles. The third kappa shape index (κ3) is 5.32. The highest BCUT2D eigenvalue weighted by Gasteiger charge is 2.23. The van der Waals surface area contributed by atoms with E-state index in [4.69, 9.17) is 16.3 Å². The summed E-state index contributed by atoms with van der Waals surface area (Å²) in [6.45, 7) is 0.938. The van der Waals surface area contributed by atoms with Crippen LogP contribution in [-0.2, 0) is 11.3 Å². The number of halogens is 1. The Balaban J connectivity index is 1.53. The topological polar surface area (TPSA) is 106 Å². The maximum Gasteiger partial charge on any atom is 0.407 e. The molecule has 150 valence electrons. The Morgan fingerprint density at radius 1 is 1.10 bits per heavy atom. The second kappa shape index (κ2) is 9.70. The zero-order chi connectivity index (χ0) is 20.6. The van der Waals surface area contributed by atoms with Gasteiger partial charge in [0.2, 0.25) is 5.15 Å². The van der Waals surface area contributed by atoms with Crippen molar-refractivity contribution in [3.05, 3.63) is 75.4 Å². The van der Waals surface area contributed by atoms with Crippen molar-refractivity contribution in [1.82, 2.24) is 10.3 Å². The van der Waals surface area contributed by atoms with Crippen molar-refractivity contribution in [2.75, 3.05) is 18.4 Å². The number of nitro groups is 1. The number of benzene rings is 2. The monoisotopic (exact) mass is 414 g/mol. The molecule has 0 atom stereocenters. The number of rotatable bonds is 8. The number of anilines is 1. The van der Waals surface area contributed by atoms with Gasteiger partial charge in [-0.3, -0.25) is 10.1 Å². The zero-order valence-electron chi connectivity index (χ0n) is 15.4. The van der Waals surface area contributed by atoms with E-state index in [0.29, 0.717) is 36.1 Å². The summed E-state index contributed by atoms with van der Waals surface area (Å²) in [6.07, 6.45) is 0.0171. The number of aromatic nitrogens is 1. The third-order valence-corrected chi connectivity index (χ3v) is 4.41. The summed E-state index contributed by atoms with van der Waals surface area (Å²) >= 11 is 6.00. The first-order valence-electron chi connectivity index (χ1n) is 8.97. The molecule has 9 heteroatoms. The lowest BCUT2D eigenvalue weighted by atomic mass is 10.1. The summed E-state index contributed by atoms with van der Waals surface area (Å²) in [7, 11) is 0. The molecule has 0 fully saturated rings. The fraction of sp³-hybridized carbons (Fsp3) is 0.200. The van der Waals surface area contributed by atoms with Crippen LogP contribution in [0.1, 0.15) is 12.0 Å². The Labute approximate surface area is 172 Å². The Morgan fingerprint density at radius 2 is 1.83 bits per heavy atom. The quantitative estimate of drug-likeness (QED) is 0.243. The molecule has 1 amide bonds. The standard InChI is InChI=1S/C20H19ClN4O4/c21-19-18(25(27)28)17(15-9-4-5-10-16(15)24-19)22-11-6-12-23-20(26)29-13-14-7-2-1-3-8-14/h1-5,7-10H,6,11-13H2,(H,22,24)(H,23,26). The highest BCUT2D eigenvalue weighted by atomic mass is 35.5. The Hall–Kier alpha value is -3.39. The van der Waals surface area contributed by atoms with Crippen LogP contribution in [0.2, 0.25) is 5.15 Å². The van der Waals surface area contributed by atoms with Crippen molar-refractivity contribution in [2.24, 2.45) is 0 Å². The van der Waals surface area contributed by atoms with Crippen LogP contribution in [0, 0.1) is 10.1 Å². The van der Waals surface area contributed by atoms with Crippen LogP contribution in [-0.4, -0.2) is 29.1 Å². The van der Waals surface area contributed by atoms with E-state index in [-0.39, 0.29) is 17.4 Å². The number of hydrogen-bond acceptors (Lipinski definition) is 6. The Bertz CT molecular complexity index is 1010. The molecule has 0 aliphatic rings. The smallest absolute Gasteiger partial charge is 0.407 e. The van der Waals surface area contributed by atoms with E-state index in [1.807, 2.05) is 30.3 Å². The van der Waals surface area contributed by atoms with Crippen LogP contribution in [0.25, 0.3) is 10.9 Å². The van der Waals surface area contributed by atoms with Gasteiger partial charge in [-0.05, 0) is 18.1 Å². The number of nitrogens with zero attached hydrogens (tertiary/aromatic N) is 2. The zero-order valence-corrected chi connectivity index (χ0v) is 16.2. The van der Waals surface area contributed by atoms with Crippen LogP contribution < -0.4 is 10.6 Å². The van der Waals surface area contributed by atoms with Crippen LogP contribution in [0.4, 0.5) is 16.2 Å². The van der Waals surface area contributed by atoms with Crippen LogP contribution in [0.15, 0.2) is 54.6 Å². The molecule has 3 rings (SSSR count).